The van der Waals surface area contributed by atoms with Gasteiger partial charge in [-0.15, -0.1) is 0 Å². The molecule has 0 aliphatic heterocycles. The molecular weight excluding hydrogens is 256 g/mol. The van der Waals surface area contributed by atoms with E-state index in [-0.39, 0.29) is 11.5 Å². The zero-order valence-corrected chi connectivity index (χ0v) is 14.7. The van der Waals surface area contributed by atoms with Gasteiger partial charge in [0.25, 0.3) is 0 Å². The molecule has 1 N–H and O–H groups in total. The summed E-state index contributed by atoms with van der Waals surface area (Å²) in [7, 11) is 0. The summed E-state index contributed by atoms with van der Waals surface area (Å²) in [4.78, 5) is 0. The SMILES string of the molecule is Cc1cc(C)c(C)c(C(O)C2(CC(C)C)CCCC2)c1C. The zero-order valence-electron chi connectivity index (χ0n) is 14.7. The van der Waals surface area contributed by atoms with E-state index in [2.05, 4.69) is 47.6 Å². The number of hydrogen-bond acceptors (Lipinski definition) is 1. The Morgan fingerprint density at radius 1 is 1.00 bits per heavy atom. The van der Waals surface area contributed by atoms with Crippen LogP contribution in [0.4, 0.5) is 0 Å². The van der Waals surface area contributed by atoms with Gasteiger partial charge >= 0.3 is 0 Å². The van der Waals surface area contributed by atoms with E-state index in [9.17, 15) is 5.11 Å². The van der Waals surface area contributed by atoms with Crippen molar-refractivity contribution in [3.8, 4) is 0 Å². The summed E-state index contributed by atoms with van der Waals surface area (Å²) in [6.45, 7) is 13.3. The summed E-state index contributed by atoms with van der Waals surface area (Å²) in [5, 5.41) is 11.3. The molecule has 0 aromatic heterocycles. The highest BCUT2D eigenvalue weighted by molar-refractivity contribution is 5.46. The number of aliphatic hydroxyl groups is 1. The minimum Gasteiger partial charge on any atom is -0.388 e. The molecule has 1 saturated carbocycles. The fraction of sp³-hybridized carbons (Fsp3) is 0.700. The molecular formula is C20H32O. The third-order valence-corrected chi connectivity index (χ3v) is 5.69. The van der Waals surface area contributed by atoms with E-state index in [0.29, 0.717) is 5.92 Å². The van der Waals surface area contributed by atoms with Crippen LogP contribution in [0.1, 0.15) is 79.9 Å². The first-order chi connectivity index (χ1) is 9.78. The van der Waals surface area contributed by atoms with Crippen molar-refractivity contribution in [3.63, 3.8) is 0 Å². The monoisotopic (exact) mass is 288 g/mol. The Bertz CT molecular complexity index is 481. The molecule has 1 fully saturated rings. The van der Waals surface area contributed by atoms with Gasteiger partial charge in [0.1, 0.15) is 0 Å². The van der Waals surface area contributed by atoms with Crippen LogP contribution in [0, 0.1) is 39.0 Å². The lowest BCUT2D eigenvalue weighted by molar-refractivity contribution is 0.0102. The predicted octanol–water partition coefficient (Wildman–Crippen LogP) is 5.56. The fourth-order valence-electron chi connectivity index (χ4n) is 4.45. The second-order valence-electron chi connectivity index (χ2n) is 7.74. The van der Waals surface area contributed by atoms with Crippen LogP contribution in [-0.2, 0) is 0 Å². The summed E-state index contributed by atoms with van der Waals surface area (Å²) >= 11 is 0. The van der Waals surface area contributed by atoms with Crippen molar-refractivity contribution in [1.82, 2.24) is 0 Å². The summed E-state index contributed by atoms with van der Waals surface area (Å²) in [6.07, 6.45) is 5.73. The Hall–Kier alpha value is -0.820. The first-order valence-electron chi connectivity index (χ1n) is 8.54. The third-order valence-electron chi connectivity index (χ3n) is 5.69. The summed E-state index contributed by atoms with van der Waals surface area (Å²) in [5.41, 5.74) is 6.52. The molecule has 1 aromatic rings. The highest BCUT2D eigenvalue weighted by Gasteiger charge is 2.42. The van der Waals surface area contributed by atoms with E-state index in [1.807, 2.05) is 0 Å². The molecule has 1 aliphatic rings. The van der Waals surface area contributed by atoms with Gasteiger partial charge in [0, 0.05) is 5.41 Å². The average Bonchev–Trinajstić information content (AvgIpc) is 2.85. The molecule has 118 valence electrons. The summed E-state index contributed by atoms with van der Waals surface area (Å²) < 4.78 is 0. The normalized spacial score (nSPS) is 19.2. The number of rotatable bonds is 4. The van der Waals surface area contributed by atoms with Gasteiger partial charge in [-0.1, -0.05) is 32.8 Å². The Morgan fingerprint density at radius 2 is 1.48 bits per heavy atom. The van der Waals surface area contributed by atoms with Crippen molar-refractivity contribution >= 4 is 0 Å². The first-order valence-corrected chi connectivity index (χ1v) is 8.54. The molecule has 1 atom stereocenters. The van der Waals surface area contributed by atoms with Crippen LogP contribution in [0.3, 0.4) is 0 Å². The maximum atomic E-state index is 11.3. The van der Waals surface area contributed by atoms with Gasteiger partial charge in [0.15, 0.2) is 0 Å². The molecule has 1 aliphatic carbocycles. The van der Waals surface area contributed by atoms with Crippen LogP contribution in [-0.4, -0.2) is 5.11 Å². The van der Waals surface area contributed by atoms with Crippen LogP contribution in [0.15, 0.2) is 6.07 Å². The topological polar surface area (TPSA) is 20.2 Å². The number of benzene rings is 1. The molecule has 21 heavy (non-hydrogen) atoms. The summed E-state index contributed by atoms with van der Waals surface area (Å²) in [6, 6.07) is 2.25. The molecule has 0 amide bonds. The van der Waals surface area contributed by atoms with Crippen LogP contribution < -0.4 is 0 Å². The summed E-state index contributed by atoms with van der Waals surface area (Å²) in [5.74, 6) is 0.643. The average molecular weight is 288 g/mol. The van der Waals surface area contributed by atoms with Crippen LogP contribution >= 0.6 is 0 Å². The zero-order chi connectivity index (χ0) is 15.8. The number of aryl methyl sites for hydroxylation is 2. The molecule has 1 unspecified atom stereocenters. The van der Waals surface area contributed by atoms with Gasteiger partial charge < -0.3 is 5.11 Å². The van der Waals surface area contributed by atoms with E-state index in [4.69, 9.17) is 0 Å². The highest BCUT2D eigenvalue weighted by Crippen LogP contribution is 2.53. The predicted molar refractivity (Wildman–Crippen MR) is 90.7 cm³/mol. The molecule has 2 rings (SSSR count). The second kappa shape index (κ2) is 6.12. The Morgan fingerprint density at radius 3 is 1.90 bits per heavy atom. The molecule has 0 saturated heterocycles. The van der Waals surface area contributed by atoms with Gasteiger partial charge in [0.05, 0.1) is 6.10 Å². The second-order valence-corrected chi connectivity index (χ2v) is 7.74. The first kappa shape index (κ1) is 16.5. The lowest BCUT2D eigenvalue weighted by atomic mass is 9.70. The van der Waals surface area contributed by atoms with Crippen molar-refractivity contribution in [2.24, 2.45) is 11.3 Å². The molecule has 0 heterocycles. The van der Waals surface area contributed by atoms with E-state index in [1.54, 1.807) is 0 Å². The molecule has 0 radical (unpaired) electrons. The Labute approximate surface area is 130 Å². The van der Waals surface area contributed by atoms with Gasteiger partial charge in [-0.2, -0.15) is 0 Å². The Balaban J connectivity index is 2.49. The lowest BCUT2D eigenvalue weighted by Gasteiger charge is -2.38. The third kappa shape index (κ3) is 3.04. The molecule has 0 spiro atoms. The van der Waals surface area contributed by atoms with Gasteiger partial charge in [0.2, 0.25) is 0 Å². The van der Waals surface area contributed by atoms with Crippen molar-refractivity contribution < 1.29 is 5.11 Å². The standard InChI is InChI=1S/C20H32O/c1-13(2)12-20(9-7-8-10-20)19(21)18-16(5)14(3)11-15(4)17(18)6/h11,13,19,21H,7-10,12H2,1-6H3. The Kier molecular flexibility index (Phi) is 4.82. The smallest absolute Gasteiger partial charge is 0.0851 e. The quantitative estimate of drug-likeness (QED) is 0.769. The van der Waals surface area contributed by atoms with Gasteiger partial charge in [-0.05, 0) is 80.7 Å². The minimum absolute atomic E-state index is 0.101. The van der Waals surface area contributed by atoms with Gasteiger partial charge in [-0.3, -0.25) is 0 Å². The maximum absolute atomic E-state index is 11.3. The van der Waals surface area contributed by atoms with Crippen LogP contribution in [0.25, 0.3) is 0 Å². The molecule has 1 nitrogen and oxygen atoms in total. The lowest BCUT2D eigenvalue weighted by Crippen LogP contribution is -2.29. The van der Waals surface area contributed by atoms with E-state index >= 15 is 0 Å². The van der Waals surface area contributed by atoms with E-state index in [1.165, 1.54) is 53.5 Å². The number of aliphatic hydroxyl groups excluding tert-OH is 1. The van der Waals surface area contributed by atoms with Crippen molar-refractivity contribution in [2.75, 3.05) is 0 Å². The van der Waals surface area contributed by atoms with Crippen molar-refractivity contribution in [3.05, 3.63) is 33.9 Å². The minimum atomic E-state index is -0.305. The molecule has 0 bridgehead atoms. The van der Waals surface area contributed by atoms with Gasteiger partial charge in [-0.25, -0.2) is 0 Å². The van der Waals surface area contributed by atoms with E-state index < -0.39 is 0 Å². The number of hydrogen-bond donors (Lipinski definition) is 1. The van der Waals surface area contributed by atoms with E-state index in [0.717, 1.165) is 6.42 Å². The molecule has 1 aromatic carbocycles. The van der Waals surface area contributed by atoms with Crippen LogP contribution in [0.5, 0.6) is 0 Å². The van der Waals surface area contributed by atoms with Crippen molar-refractivity contribution in [1.29, 1.82) is 0 Å². The molecule has 1 heteroatoms. The van der Waals surface area contributed by atoms with Crippen LogP contribution in [0.2, 0.25) is 0 Å². The fourth-order valence-corrected chi connectivity index (χ4v) is 4.45. The maximum Gasteiger partial charge on any atom is 0.0851 e. The highest BCUT2D eigenvalue weighted by atomic mass is 16.3. The largest absolute Gasteiger partial charge is 0.388 e. The van der Waals surface area contributed by atoms with Crippen molar-refractivity contribution in [2.45, 2.75) is 79.8 Å².